The molecule has 5 nitrogen and oxygen atoms in total. The Labute approximate surface area is 179 Å². The summed E-state index contributed by atoms with van der Waals surface area (Å²) in [7, 11) is 0. The smallest absolute Gasteiger partial charge is 0.320 e. The van der Waals surface area contributed by atoms with E-state index >= 15 is 0 Å². The van der Waals surface area contributed by atoms with Crippen molar-refractivity contribution in [1.29, 1.82) is 0 Å². The molecule has 0 aromatic rings. The van der Waals surface area contributed by atoms with Gasteiger partial charge in [-0.3, -0.25) is 9.59 Å². The Morgan fingerprint density at radius 2 is 1.00 bits per heavy atom. The fraction of sp³-hybridized carbons (Fsp3) is 0.917. The van der Waals surface area contributed by atoms with Gasteiger partial charge in [0.2, 0.25) is 0 Å². The lowest BCUT2D eigenvalue weighted by Crippen LogP contribution is -2.33. The van der Waals surface area contributed by atoms with Crippen molar-refractivity contribution in [2.24, 2.45) is 11.5 Å². The number of carbonyl (C=O) groups excluding carboxylic acids is 1. The number of hydrogen-bond donors (Lipinski definition) is 3. The van der Waals surface area contributed by atoms with Gasteiger partial charge in [0.05, 0.1) is 6.04 Å². The molecule has 0 saturated heterocycles. The third-order valence-corrected chi connectivity index (χ3v) is 5.79. The second-order valence-electron chi connectivity index (χ2n) is 8.65. The van der Waals surface area contributed by atoms with Crippen LogP contribution in [0.2, 0.25) is 0 Å². The van der Waals surface area contributed by atoms with Crippen molar-refractivity contribution in [2.45, 2.75) is 141 Å². The molecule has 0 fully saturated rings. The van der Waals surface area contributed by atoms with Crippen LogP contribution in [0, 0.1) is 0 Å². The van der Waals surface area contributed by atoms with Crippen LogP contribution in [0.25, 0.3) is 0 Å². The van der Waals surface area contributed by atoms with Gasteiger partial charge in [0.15, 0.2) is 0 Å². The highest BCUT2D eigenvalue weighted by atomic mass is 16.4. The summed E-state index contributed by atoms with van der Waals surface area (Å²) in [5.41, 5.74) is 11.4. The monoisotopic (exact) mass is 412 g/mol. The topological polar surface area (TPSA) is 106 Å². The summed E-state index contributed by atoms with van der Waals surface area (Å²) in [6.45, 7) is 2.27. The van der Waals surface area contributed by atoms with Gasteiger partial charge in [-0.05, 0) is 25.7 Å². The summed E-state index contributed by atoms with van der Waals surface area (Å²) in [5.74, 6) is -0.897. The van der Waals surface area contributed by atoms with E-state index < -0.39 is 18.1 Å². The highest BCUT2D eigenvalue weighted by molar-refractivity contribution is 5.83. The summed E-state index contributed by atoms with van der Waals surface area (Å²) < 4.78 is 0. The van der Waals surface area contributed by atoms with Gasteiger partial charge in [-0.25, -0.2) is 0 Å². The quantitative estimate of drug-likeness (QED) is 0.197. The van der Waals surface area contributed by atoms with Gasteiger partial charge >= 0.3 is 5.97 Å². The molecule has 0 rings (SSSR count). The molecular formula is C24H48N2O3. The normalized spacial score (nSPS) is 13.3. The molecule has 1 unspecified atom stereocenters. The van der Waals surface area contributed by atoms with Crippen LogP contribution < -0.4 is 11.5 Å². The Hall–Kier alpha value is -0.940. The first kappa shape index (κ1) is 28.1. The molecular weight excluding hydrogens is 364 g/mol. The van der Waals surface area contributed by atoms with E-state index in [0.29, 0.717) is 25.7 Å². The van der Waals surface area contributed by atoms with E-state index in [9.17, 15) is 9.59 Å². The molecule has 5 heteroatoms. The van der Waals surface area contributed by atoms with E-state index in [2.05, 4.69) is 6.92 Å². The van der Waals surface area contributed by atoms with Crippen LogP contribution >= 0.6 is 0 Å². The lowest BCUT2D eigenvalue weighted by molar-refractivity contribution is -0.138. The average molecular weight is 413 g/mol. The summed E-state index contributed by atoms with van der Waals surface area (Å²) in [6.07, 6.45) is 21.7. The fourth-order valence-electron chi connectivity index (χ4n) is 3.70. The van der Waals surface area contributed by atoms with Crippen LogP contribution in [0.1, 0.15) is 129 Å². The molecule has 0 aliphatic heterocycles. The van der Waals surface area contributed by atoms with Crippen LogP contribution in [0.4, 0.5) is 0 Å². The molecule has 0 radical (unpaired) electrons. The molecule has 0 heterocycles. The molecule has 0 spiro atoms. The summed E-state index contributed by atoms with van der Waals surface area (Å²) in [5, 5.41) is 8.74. The Bertz CT molecular complexity index is 402. The maximum absolute atomic E-state index is 12.0. The molecule has 0 bridgehead atoms. The molecule has 172 valence electrons. The van der Waals surface area contributed by atoms with Gasteiger partial charge in [0.1, 0.15) is 11.8 Å². The SMILES string of the molecule is CCCCCCCCCCCCCCCCCC(=O)C(N)CCC[C@H](N)C(=O)O. The number of rotatable bonds is 22. The van der Waals surface area contributed by atoms with Gasteiger partial charge in [-0.15, -0.1) is 0 Å². The van der Waals surface area contributed by atoms with Crippen LogP contribution in [0.3, 0.4) is 0 Å². The summed E-state index contributed by atoms with van der Waals surface area (Å²) in [4.78, 5) is 22.7. The highest BCUT2D eigenvalue weighted by Gasteiger charge is 2.15. The first-order valence-corrected chi connectivity index (χ1v) is 12.3. The van der Waals surface area contributed by atoms with Crippen molar-refractivity contribution in [3.63, 3.8) is 0 Å². The second kappa shape index (κ2) is 20.3. The largest absolute Gasteiger partial charge is 0.480 e. The lowest BCUT2D eigenvalue weighted by atomic mass is 9.99. The van der Waals surface area contributed by atoms with E-state index in [1.165, 1.54) is 83.5 Å². The van der Waals surface area contributed by atoms with Crippen LogP contribution in [0.5, 0.6) is 0 Å². The van der Waals surface area contributed by atoms with Gasteiger partial charge in [-0.2, -0.15) is 0 Å². The van der Waals surface area contributed by atoms with Crippen molar-refractivity contribution in [1.82, 2.24) is 0 Å². The van der Waals surface area contributed by atoms with Gasteiger partial charge < -0.3 is 16.6 Å². The first-order valence-electron chi connectivity index (χ1n) is 12.3. The molecule has 0 aliphatic rings. The number of nitrogens with two attached hydrogens (primary N) is 2. The third kappa shape index (κ3) is 18.8. The number of hydrogen-bond acceptors (Lipinski definition) is 4. The van der Waals surface area contributed by atoms with Crippen molar-refractivity contribution in [3.05, 3.63) is 0 Å². The van der Waals surface area contributed by atoms with Crippen molar-refractivity contribution in [3.8, 4) is 0 Å². The van der Waals surface area contributed by atoms with E-state index in [1.54, 1.807) is 0 Å². The zero-order valence-electron chi connectivity index (χ0n) is 19.0. The molecule has 0 aromatic carbocycles. The van der Waals surface area contributed by atoms with E-state index in [4.69, 9.17) is 16.6 Å². The van der Waals surface area contributed by atoms with Crippen LogP contribution in [0.15, 0.2) is 0 Å². The lowest BCUT2D eigenvalue weighted by Gasteiger charge is -2.11. The Morgan fingerprint density at radius 3 is 1.41 bits per heavy atom. The van der Waals surface area contributed by atoms with Gasteiger partial charge in [-0.1, -0.05) is 96.8 Å². The van der Waals surface area contributed by atoms with Crippen LogP contribution in [-0.4, -0.2) is 28.9 Å². The Kier molecular flexibility index (Phi) is 19.7. The van der Waals surface area contributed by atoms with E-state index in [-0.39, 0.29) is 5.78 Å². The number of ketones is 1. The van der Waals surface area contributed by atoms with Crippen LogP contribution in [-0.2, 0) is 9.59 Å². The first-order chi connectivity index (χ1) is 14.0. The number of carboxylic acids is 1. The number of carbonyl (C=O) groups is 2. The molecule has 5 N–H and O–H groups in total. The maximum atomic E-state index is 12.0. The van der Waals surface area contributed by atoms with Crippen molar-refractivity contribution >= 4 is 11.8 Å². The predicted octanol–water partition coefficient (Wildman–Crippen LogP) is 5.73. The van der Waals surface area contributed by atoms with Gasteiger partial charge in [0, 0.05) is 6.42 Å². The summed E-state index contributed by atoms with van der Waals surface area (Å²) in [6, 6.07) is -1.32. The molecule has 0 aromatic heterocycles. The molecule has 0 aliphatic carbocycles. The minimum Gasteiger partial charge on any atom is -0.480 e. The van der Waals surface area contributed by atoms with E-state index in [1.807, 2.05) is 0 Å². The van der Waals surface area contributed by atoms with Gasteiger partial charge in [0.25, 0.3) is 0 Å². The number of Topliss-reactive ketones (excluding diaryl/α,β-unsaturated/α-hetero) is 1. The zero-order valence-corrected chi connectivity index (χ0v) is 19.0. The molecule has 2 atom stereocenters. The van der Waals surface area contributed by atoms with Crippen molar-refractivity contribution in [2.75, 3.05) is 0 Å². The third-order valence-electron chi connectivity index (χ3n) is 5.79. The predicted molar refractivity (Wildman–Crippen MR) is 122 cm³/mol. The second-order valence-corrected chi connectivity index (χ2v) is 8.65. The molecule has 0 amide bonds. The number of carboxylic acid groups (broad SMARTS) is 1. The number of unbranched alkanes of at least 4 members (excludes halogenated alkanes) is 14. The zero-order chi connectivity index (χ0) is 21.7. The highest BCUT2D eigenvalue weighted by Crippen LogP contribution is 2.14. The number of aliphatic carboxylic acids is 1. The Balaban J connectivity index is 3.34. The minimum atomic E-state index is -0.997. The van der Waals surface area contributed by atoms with E-state index in [0.717, 1.165) is 12.8 Å². The minimum absolute atomic E-state index is 0.101. The maximum Gasteiger partial charge on any atom is 0.320 e. The average Bonchev–Trinajstić information content (AvgIpc) is 2.70. The standard InChI is InChI=1S/C24H48N2O3/c1-2-3-4-5-6-7-8-9-10-11-12-13-14-15-16-20-23(27)21(25)18-17-19-22(26)24(28)29/h21-22H,2-20,25-26H2,1H3,(H,28,29)/t21?,22-/m0/s1. The van der Waals surface area contributed by atoms with Crippen molar-refractivity contribution < 1.29 is 14.7 Å². The fourth-order valence-corrected chi connectivity index (χ4v) is 3.70. The molecule has 0 saturated carbocycles. The summed E-state index contributed by atoms with van der Waals surface area (Å²) >= 11 is 0. The molecule has 29 heavy (non-hydrogen) atoms. The Morgan fingerprint density at radius 1 is 0.621 bits per heavy atom.